The number of hydrogen-bond acceptors (Lipinski definition) is 2. The maximum atomic E-state index is 11.9. The van der Waals surface area contributed by atoms with Crippen molar-refractivity contribution in [3.8, 4) is 0 Å². The van der Waals surface area contributed by atoms with Gasteiger partial charge in [0.1, 0.15) is 0 Å². The number of carbonyl (C=O) groups excluding carboxylic acids is 1. The second-order valence-corrected chi connectivity index (χ2v) is 3.97. The van der Waals surface area contributed by atoms with Crippen molar-refractivity contribution in [1.82, 2.24) is 0 Å². The van der Waals surface area contributed by atoms with E-state index < -0.39 is 5.97 Å². The van der Waals surface area contributed by atoms with E-state index in [0.717, 1.165) is 0 Å². The lowest BCUT2D eigenvalue weighted by Gasteiger charge is -2.02. The van der Waals surface area contributed by atoms with Gasteiger partial charge in [0.05, 0.1) is 5.56 Å². The number of rotatable bonds is 4. The average molecular weight is 240 g/mol. The molecule has 90 valence electrons. The van der Waals surface area contributed by atoms with Gasteiger partial charge in [-0.15, -0.1) is 0 Å². The zero-order chi connectivity index (χ0) is 13.0. The van der Waals surface area contributed by atoms with Crippen molar-refractivity contribution in [2.24, 2.45) is 0 Å². The van der Waals surface area contributed by atoms with Crippen LogP contribution in [0.15, 0.2) is 54.6 Å². The highest BCUT2D eigenvalue weighted by molar-refractivity contribution is 5.97. The van der Waals surface area contributed by atoms with Crippen LogP contribution in [0.3, 0.4) is 0 Å². The van der Waals surface area contributed by atoms with Crippen molar-refractivity contribution < 1.29 is 14.7 Å². The van der Waals surface area contributed by atoms with Crippen LogP contribution < -0.4 is 0 Å². The molecule has 0 aliphatic carbocycles. The number of carboxylic acids is 1. The Morgan fingerprint density at radius 1 is 0.889 bits per heavy atom. The van der Waals surface area contributed by atoms with Crippen molar-refractivity contribution >= 4 is 11.8 Å². The van der Waals surface area contributed by atoms with Gasteiger partial charge in [-0.25, -0.2) is 4.79 Å². The minimum Gasteiger partial charge on any atom is -0.478 e. The number of benzene rings is 2. The Morgan fingerprint density at radius 3 is 2.22 bits per heavy atom. The van der Waals surface area contributed by atoms with E-state index in [0.29, 0.717) is 11.1 Å². The molecule has 0 amide bonds. The first-order chi connectivity index (χ1) is 8.66. The molecule has 0 aliphatic rings. The molecule has 0 aliphatic heterocycles. The van der Waals surface area contributed by atoms with Crippen molar-refractivity contribution in [2.75, 3.05) is 0 Å². The lowest BCUT2D eigenvalue weighted by Crippen LogP contribution is -2.04. The topological polar surface area (TPSA) is 54.4 Å². The monoisotopic (exact) mass is 240 g/mol. The second-order valence-electron chi connectivity index (χ2n) is 3.97. The van der Waals surface area contributed by atoms with E-state index in [-0.39, 0.29) is 17.8 Å². The van der Waals surface area contributed by atoms with Crippen molar-refractivity contribution in [2.45, 2.75) is 6.42 Å². The number of aromatic carboxylic acids is 1. The maximum Gasteiger partial charge on any atom is 0.335 e. The highest BCUT2D eigenvalue weighted by atomic mass is 16.4. The minimum absolute atomic E-state index is 0.0156. The van der Waals surface area contributed by atoms with Gasteiger partial charge >= 0.3 is 5.97 Å². The smallest absolute Gasteiger partial charge is 0.335 e. The summed E-state index contributed by atoms with van der Waals surface area (Å²) in [4.78, 5) is 22.8. The summed E-state index contributed by atoms with van der Waals surface area (Å²) in [5, 5.41) is 8.88. The molecule has 0 atom stereocenters. The van der Waals surface area contributed by atoms with Gasteiger partial charge in [0, 0.05) is 12.0 Å². The quantitative estimate of drug-likeness (QED) is 0.836. The fourth-order valence-electron chi connectivity index (χ4n) is 1.73. The Morgan fingerprint density at radius 2 is 1.56 bits per heavy atom. The molecule has 0 unspecified atom stereocenters. The van der Waals surface area contributed by atoms with Gasteiger partial charge in [-0.3, -0.25) is 4.79 Å². The summed E-state index contributed by atoms with van der Waals surface area (Å²) >= 11 is 0. The van der Waals surface area contributed by atoms with Crippen LogP contribution >= 0.6 is 0 Å². The van der Waals surface area contributed by atoms with Gasteiger partial charge in [0.25, 0.3) is 0 Å². The normalized spacial score (nSPS) is 10.0. The maximum absolute atomic E-state index is 11.9. The third-order valence-corrected chi connectivity index (χ3v) is 2.63. The van der Waals surface area contributed by atoms with Crippen LogP contribution in [0.4, 0.5) is 0 Å². The lowest BCUT2D eigenvalue weighted by molar-refractivity contribution is 0.0696. The Bertz CT molecular complexity index is 573. The predicted octanol–water partition coefficient (Wildman–Crippen LogP) is 2.81. The van der Waals surface area contributed by atoms with Gasteiger partial charge in [-0.2, -0.15) is 0 Å². The van der Waals surface area contributed by atoms with E-state index in [1.54, 1.807) is 36.4 Å². The Kier molecular flexibility index (Phi) is 3.53. The van der Waals surface area contributed by atoms with E-state index >= 15 is 0 Å². The summed E-state index contributed by atoms with van der Waals surface area (Å²) in [6.07, 6.45) is 0.213. The molecule has 2 aromatic carbocycles. The first-order valence-electron chi connectivity index (χ1n) is 5.57. The highest BCUT2D eigenvalue weighted by Gasteiger charge is 2.08. The summed E-state index contributed by atoms with van der Waals surface area (Å²) in [6.45, 7) is 0. The molecule has 2 rings (SSSR count). The van der Waals surface area contributed by atoms with Gasteiger partial charge in [-0.1, -0.05) is 42.5 Å². The lowest BCUT2D eigenvalue weighted by atomic mass is 10.0. The number of ketones is 1. The highest BCUT2D eigenvalue weighted by Crippen LogP contribution is 2.10. The third kappa shape index (κ3) is 2.83. The summed E-state index contributed by atoms with van der Waals surface area (Å²) in [5.41, 5.74) is 1.55. The molecule has 0 saturated carbocycles. The number of Topliss-reactive ketones (excluding diaryl/α,β-unsaturated/α-hetero) is 1. The molecule has 18 heavy (non-hydrogen) atoms. The summed E-state index contributed by atoms with van der Waals surface area (Å²) < 4.78 is 0. The molecule has 1 N–H and O–H groups in total. The van der Waals surface area contributed by atoms with E-state index in [4.69, 9.17) is 5.11 Å². The molecule has 0 heterocycles. The zero-order valence-electron chi connectivity index (χ0n) is 9.67. The molecule has 0 saturated heterocycles. The van der Waals surface area contributed by atoms with Crippen LogP contribution in [0.5, 0.6) is 0 Å². The molecule has 0 radical (unpaired) electrons. The standard InChI is InChI=1S/C15H12O3/c16-14(12-6-2-1-3-7-12)10-11-5-4-8-13(9-11)15(17)18/h1-9H,10H2,(H,17,18). The van der Waals surface area contributed by atoms with E-state index in [1.165, 1.54) is 12.1 Å². The summed E-state index contributed by atoms with van der Waals surface area (Å²) in [6, 6.07) is 15.4. The van der Waals surface area contributed by atoms with E-state index in [2.05, 4.69) is 0 Å². The summed E-state index contributed by atoms with van der Waals surface area (Å²) in [5.74, 6) is -0.998. The van der Waals surface area contributed by atoms with E-state index in [9.17, 15) is 9.59 Å². The average Bonchev–Trinajstić information content (AvgIpc) is 2.40. The molecule has 0 bridgehead atoms. The van der Waals surface area contributed by atoms with Gasteiger partial charge < -0.3 is 5.11 Å². The minimum atomic E-state index is -0.982. The van der Waals surface area contributed by atoms with Crippen molar-refractivity contribution in [3.63, 3.8) is 0 Å². The van der Waals surface area contributed by atoms with Gasteiger partial charge in [0.2, 0.25) is 0 Å². The number of carboxylic acid groups (broad SMARTS) is 1. The first kappa shape index (κ1) is 12.0. The molecule has 0 fully saturated rings. The molecule has 0 spiro atoms. The van der Waals surface area contributed by atoms with Crippen molar-refractivity contribution in [3.05, 3.63) is 71.3 Å². The molecular formula is C15H12O3. The first-order valence-corrected chi connectivity index (χ1v) is 5.57. The molecule has 3 nitrogen and oxygen atoms in total. The molecule has 3 heteroatoms. The largest absolute Gasteiger partial charge is 0.478 e. The van der Waals surface area contributed by atoms with Crippen LogP contribution in [0.1, 0.15) is 26.3 Å². The number of hydrogen-bond donors (Lipinski definition) is 1. The fourth-order valence-corrected chi connectivity index (χ4v) is 1.73. The van der Waals surface area contributed by atoms with Crippen LogP contribution in [-0.4, -0.2) is 16.9 Å². The Hall–Kier alpha value is -2.42. The Balaban J connectivity index is 2.17. The molecular weight excluding hydrogens is 228 g/mol. The fraction of sp³-hybridized carbons (Fsp3) is 0.0667. The van der Waals surface area contributed by atoms with Gasteiger partial charge in [-0.05, 0) is 17.7 Å². The molecule has 0 aromatic heterocycles. The molecule has 2 aromatic rings. The Labute approximate surface area is 105 Å². The summed E-state index contributed by atoms with van der Waals surface area (Å²) in [7, 11) is 0. The predicted molar refractivity (Wildman–Crippen MR) is 67.9 cm³/mol. The number of carbonyl (C=O) groups is 2. The van der Waals surface area contributed by atoms with Crippen LogP contribution in [0, 0.1) is 0 Å². The van der Waals surface area contributed by atoms with Crippen LogP contribution in [0.25, 0.3) is 0 Å². The van der Waals surface area contributed by atoms with Crippen molar-refractivity contribution in [1.29, 1.82) is 0 Å². The SMILES string of the molecule is O=C(O)c1cccc(CC(=O)c2ccccc2)c1. The van der Waals surface area contributed by atoms with Crippen LogP contribution in [0.2, 0.25) is 0 Å². The van der Waals surface area contributed by atoms with Gasteiger partial charge in [0.15, 0.2) is 5.78 Å². The second kappa shape index (κ2) is 5.27. The van der Waals surface area contributed by atoms with Crippen LogP contribution in [-0.2, 0) is 6.42 Å². The zero-order valence-corrected chi connectivity index (χ0v) is 9.67. The third-order valence-electron chi connectivity index (χ3n) is 2.63. The van der Waals surface area contributed by atoms with E-state index in [1.807, 2.05) is 6.07 Å².